The maximum atomic E-state index is 13.8. The Morgan fingerprint density at radius 3 is 2.28 bits per heavy atom. The molecular formula is C31H35NO7. The van der Waals surface area contributed by atoms with Crippen LogP contribution < -0.4 is 9.47 Å². The van der Waals surface area contributed by atoms with Gasteiger partial charge >= 0.3 is 11.9 Å². The zero-order chi connectivity index (χ0) is 28.1. The first-order valence-corrected chi connectivity index (χ1v) is 13.2. The smallest absolute Gasteiger partial charge is 0.337 e. The summed E-state index contributed by atoms with van der Waals surface area (Å²) in [4.78, 5) is 44.0. The molecule has 0 radical (unpaired) electrons. The average molecular weight is 534 g/mol. The highest BCUT2D eigenvalue weighted by Gasteiger charge is 2.44. The summed E-state index contributed by atoms with van der Waals surface area (Å²) in [6, 6.07) is 12.6. The number of rotatable bonds is 9. The van der Waals surface area contributed by atoms with E-state index in [2.05, 4.69) is 0 Å². The van der Waals surface area contributed by atoms with Gasteiger partial charge in [-0.15, -0.1) is 0 Å². The van der Waals surface area contributed by atoms with Crippen molar-refractivity contribution < 1.29 is 33.3 Å². The highest BCUT2D eigenvalue weighted by atomic mass is 16.5. The van der Waals surface area contributed by atoms with E-state index in [1.807, 2.05) is 32.0 Å². The molecule has 0 saturated carbocycles. The number of Topliss-reactive ketones (excluding diaryl/α,β-unsaturated/α-hetero) is 1. The van der Waals surface area contributed by atoms with Gasteiger partial charge in [-0.25, -0.2) is 4.79 Å². The van der Waals surface area contributed by atoms with Crippen molar-refractivity contribution in [2.45, 2.75) is 51.4 Å². The second-order valence-corrected chi connectivity index (χ2v) is 9.85. The number of methoxy groups -OCH3 is 3. The molecule has 2 aliphatic rings. The lowest BCUT2D eigenvalue weighted by atomic mass is 9.69. The largest absolute Gasteiger partial charge is 0.493 e. The molecule has 1 aliphatic carbocycles. The van der Waals surface area contributed by atoms with Gasteiger partial charge in [0.15, 0.2) is 17.3 Å². The van der Waals surface area contributed by atoms with E-state index in [1.54, 1.807) is 38.5 Å². The van der Waals surface area contributed by atoms with E-state index in [9.17, 15) is 14.4 Å². The SMILES string of the molecule is CCCCOC(=O)C1C(C)=NC2=C(C(=O)C[C@@H](c3ccc(OC)c(OC)c3)C2)[C@H]1c1ccc(C(=O)OC)cc1. The van der Waals surface area contributed by atoms with Crippen molar-refractivity contribution in [1.29, 1.82) is 0 Å². The highest BCUT2D eigenvalue weighted by molar-refractivity contribution is 6.09. The van der Waals surface area contributed by atoms with Crippen molar-refractivity contribution in [2.24, 2.45) is 10.9 Å². The van der Waals surface area contributed by atoms with Gasteiger partial charge in [-0.05, 0) is 61.1 Å². The fourth-order valence-corrected chi connectivity index (χ4v) is 5.42. The van der Waals surface area contributed by atoms with Crippen LogP contribution >= 0.6 is 0 Å². The molecule has 0 bridgehead atoms. The van der Waals surface area contributed by atoms with Gasteiger partial charge in [0.2, 0.25) is 0 Å². The number of carbonyl (C=O) groups is 3. The summed E-state index contributed by atoms with van der Waals surface area (Å²) in [5.41, 5.74) is 3.93. The number of aliphatic imine (C=N–C) groups is 1. The molecule has 0 amide bonds. The first-order chi connectivity index (χ1) is 18.8. The first-order valence-electron chi connectivity index (χ1n) is 13.2. The van der Waals surface area contributed by atoms with E-state index in [1.165, 1.54) is 7.11 Å². The minimum atomic E-state index is -0.730. The third kappa shape index (κ3) is 5.75. The van der Waals surface area contributed by atoms with Gasteiger partial charge in [-0.3, -0.25) is 14.6 Å². The van der Waals surface area contributed by atoms with Gasteiger partial charge in [0, 0.05) is 29.3 Å². The number of carbonyl (C=O) groups excluding carboxylic acids is 3. The normalized spacial score (nSPS) is 20.6. The van der Waals surface area contributed by atoms with Gasteiger partial charge in [-0.1, -0.05) is 31.5 Å². The van der Waals surface area contributed by atoms with Crippen molar-refractivity contribution in [3.8, 4) is 11.5 Å². The van der Waals surface area contributed by atoms with Gasteiger partial charge in [0.05, 0.1) is 33.5 Å². The van der Waals surface area contributed by atoms with E-state index < -0.39 is 23.8 Å². The summed E-state index contributed by atoms with van der Waals surface area (Å²) in [5.74, 6) is -1.07. The number of ether oxygens (including phenoxy) is 4. The van der Waals surface area contributed by atoms with E-state index in [4.69, 9.17) is 23.9 Å². The van der Waals surface area contributed by atoms with Gasteiger partial charge in [0.1, 0.15) is 5.92 Å². The van der Waals surface area contributed by atoms with Crippen LogP contribution in [0.3, 0.4) is 0 Å². The predicted molar refractivity (Wildman–Crippen MR) is 147 cm³/mol. The van der Waals surface area contributed by atoms with Gasteiger partial charge < -0.3 is 18.9 Å². The van der Waals surface area contributed by atoms with Crippen LogP contribution in [0.1, 0.15) is 72.9 Å². The number of ketones is 1. The standard InChI is InChI=1S/C31H35NO7/c1-6-7-14-39-31(35)27-18(2)32-23-15-22(21-12-13-25(36-3)26(17-21)37-4)16-24(33)29(23)28(27)19-8-10-20(11-9-19)30(34)38-5/h8-13,17,22,27-28H,6-7,14-16H2,1-5H3/t22-,27?,28-/m0/s1. The van der Waals surface area contributed by atoms with Crippen LogP contribution in [-0.2, 0) is 19.1 Å². The molecule has 0 saturated heterocycles. The second kappa shape index (κ2) is 12.3. The molecule has 1 unspecified atom stereocenters. The zero-order valence-electron chi connectivity index (χ0n) is 23.1. The van der Waals surface area contributed by atoms with E-state index in [0.717, 1.165) is 24.0 Å². The topological polar surface area (TPSA) is 100 Å². The fourth-order valence-electron chi connectivity index (χ4n) is 5.42. The van der Waals surface area contributed by atoms with Gasteiger partial charge in [-0.2, -0.15) is 0 Å². The molecule has 2 aromatic carbocycles. The quantitative estimate of drug-likeness (QED) is 0.314. The van der Waals surface area contributed by atoms with Crippen LogP contribution in [-0.4, -0.2) is 51.4 Å². The third-order valence-electron chi connectivity index (χ3n) is 7.45. The number of hydrogen-bond acceptors (Lipinski definition) is 8. The Morgan fingerprint density at radius 2 is 1.64 bits per heavy atom. The predicted octanol–water partition coefficient (Wildman–Crippen LogP) is 5.41. The summed E-state index contributed by atoms with van der Waals surface area (Å²) in [7, 11) is 4.49. The van der Waals surface area contributed by atoms with Crippen molar-refractivity contribution in [2.75, 3.05) is 27.9 Å². The van der Waals surface area contributed by atoms with Crippen LogP contribution in [0.5, 0.6) is 11.5 Å². The number of allylic oxidation sites excluding steroid dienone is 2. The molecule has 8 nitrogen and oxygen atoms in total. The minimum absolute atomic E-state index is 0.0549. The van der Waals surface area contributed by atoms with Crippen LogP contribution in [0.2, 0.25) is 0 Å². The van der Waals surface area contributed by atoms with Crippen molar-refractivity contribution >= 4 is 23.4 Å². The van der Waals surface area contributed by atoms with Crippen LogP contribution in [0.4, 0.5) is 0 Å². The molecule has 1 aliphatic heterocycles. The zero-order valence-corrected chi connectivity index (χ0v) is 23.1. The Bertz CT molecular complexity index is 1310. The minimum Gasteiger partial charge on any atom is -0.493 e. The van der Waals surface area contributed by atoms with E-state index >= 15 is 0 Å². The summed E-state index contributed by atoms with van der Waals surface area (Å²) in [6.45, 7) is 4.16. The van der Waals surface area contributed by atoms with Crippen molar-refractivity contribution in [1.82, 2.24) is 0 Å². The average Bonchev–Trinajstić information content (AvgIpc) is 2.95. The Kier molecular flexibility index (Phi) is 8.84. The monoisotopic (exact) mass is 533 g/mol. The molecule has 2 aromatic rings. The summed E-state index contributed by atoms with van der Waals surface area (Å²) in [6.07, 6.45) is 2.47. The molecule has 4 rings (SSSR count). The Labute approximate surface area is 229 Å². The molecule has 0 aromatic heterocycles. The molecule has 1 heterocycles. The fraction of sp³-hybridized carbons (Fsp3) is 0.419. The lowest BCUT2D eigenvalue weighted by Crippen LogP contribution is -2.38. The molecule has 0 spiro atoms. The molecular weight excluding hydrogens is 498 g/mol. The number of benzene rings is 2. The van der Waals surface area contributed by atoms with Crippen LogP contribution in [0.15, 0.2) is 58.7 Å². The highest BCUT2D eigenvalue weighted by Crippen LogP contribution is 2.47. The Balaban J connectivity index is 1.74. The van der Waals surface area contributed by atoms with Crippen LogP contribution in [0.25, 0.3) is 0 Å². The molecule has 8 heteroatoms. The number of nitrogens with zero attached hydrogens (tertiary/aromatic N) is 1. The number of esters is 2. The van der Waals surface area contributed by atoms with E-state index in [-0.39, 0.29) is 18.1 Å². The maximum absolute atomic E-state index is 13.8. The summed E-state index contributed by atoms with van der Waals surface area (Å²) < 4.78 is 21.3. The lowest BCUT2D eigenvalue weighted by molar-refractivity contribution is -0.146. The lowest BCUT2D eigenvalue weighted by Gasteiger charge is -2.36. The van der Waals surface area contributed by atoms with Gasteiger partial charge in [0.25, 0.3) is 0 Å². The molecule has 39 heavy (non-hydrogen) atoms. The first kappa shape index (κ1) is 28.1. The molecule has 3 atom stereocenters. The van der Waals surface area contributed by atoms with Crippen molar-refractivity contribution in [3.05, 3.63) is 70.4 Å². The van der Waals surface area contributed by atoms with Crippen LogP contribution in [0, 0.1) is 5.92 Å². The van der Waals surface area contributed by atoms with Crippen molar-refractivity contribution in [3.63, 3.8) is 0 Å². The second-order valence-electron chi connectivity index (χ2n) is 9.85. The summed E-state index contributed by atoms with van der Waals surface area (Å²) in [5, 5.41) is 0. The molecule has 0 N–H and O–H groups in total. The number of hydrogen-bond donors (Lipinski definition) is 0. The third-order valence-corrected chi connectivity index (χ3v) is 7.45. The molecule has 206 valence electrons. The Hall–Kier alpha value is -3.94. The number of unbranched alkanes of at least 4 members (excludes halogenated alkanes) is 1. The summed E-state index contributed by atoms with van der Waals surface area (Å²) >= 11 is 0. The maximum Gasteiger partial charge on any atom is 0.337 e. The molecule has 0 fully saturated rings. The van der Waals surface area contributed by atoms with E-state index in [0.29, 0.717) is 47.1 Å². The Morgan fingerprint density at radius 1 is 0.949 bits per heavy atom.